The van der Waals surface area contributed by atoms with Crippen molar-refractivity contribution in [2.45, 2.75) is 57.4 Å². The minimum absolute atomic E-state index is 0.0220. The van der Waals surface area contributed by atoms with Gasteiger partial charge in [0, 0.05) is 17.6 Å². The molecular formula is C28H33N4O5P. The Bertz CT molecular complexity index is 1330. The van der Waals surface area contributed by atoms with Gasteiger partial charge in [-0.2, -0.15) is 10.2 Å². The van der Waals surface area contributed by atoms with E-state index in [2.05, 4.69) is 15.6 Å². The van der Waals surface area contributed by atoms with Gasteiger partial charge in [-0.1, -0.05) is 48.9 Å². The molecule has 10 heteroatoms. The molecule has 0 aromatic heterocycles. The van der Waals surface area contributed by atoms with Gasteiger partial charge in [0.25, 0.3) is 5.91 Å². The number of nitrogens with zero attached hydrogens (tertiary/aromatic N) is 3. The monoisotopic (exact) mass is 536 g/mol. The van der Waals surface area contributed by atoms with E-state index >= 15 is 0 Å². The lowest BCUT2D eigenvalue weighted by Crippen LogP contribution is -2.40. The molecule has 1 amide bonds. The van der Waals surface area contributed by atoms with Crippen LogP contribution in [0.2, 0.25) is 0 Å². The van der Waals surface area contributed by atoms with Crippen molar-refractivity contribution in [3.63, 3.8) is 0 Å². The summed E-state index contributed by atoms with van der Waals surface area (Å²) in [7, 11) is -2.47. The molecule has 38 heavy (non-hydrogen) atoms. The number of hydrogen-bond acceptors (Lipinski definition) is 7. The van der Waals surface area contributed by atoms with E-state index in [4.69, 9.17) is 0 Å². The third kappa shape index (κ3) is 5.12. The summed E-state index contributed by atoms with van der Waals surface area (Å²) in [6.07, 6.45) is 5.04. The van der Waals surface area contributed by atoms with Crippen LogP contribution >= 0.6 is 7.14 Å². The molecule has 3 aliphatic rings. The number of benzene rings is 2. The van der Waals surface area contributed by atoms with Crippen LogP contribution in [0.25, 0.3) is 0 Å². The molecule has 0 spiro atoms. The highest BCUT2D eigenvalue weighted by molar-refractivity contribution is 7.71. The Morgan fingerprint density at radius 1 is 1.08 bits per heavy atom. The van der Waals surface area contributed by atoms with Crippen LogP contribution in [0.15, 0.2) is 58.7 Å². The summed E-state index contributed by atoms with van der Waals surface area (Å²) in [4.78, 5) is 24.7. The van der Waals surface area contributed by atoms with Crippen molar-refractivity contribution >= 4 is 41.4 Å². The molecule has 0 radical (unpaired) electrons. The normalized spacial score (nSPS) is 28.8. The van der Waals surface area contributed by atoms with Gasteiger partial charge in [0.05, 0.1) is 23.4 Å². The number of carbonyl (C=O) groups excluding carboxylic acids is 1. The zero-order valence-corrected chi connectivity index (χ0v) is 22.3. The van der Waals surface area contributed by atoms with Crippen LogP contribution in [-0.4, -0.2) is 56.9 Å². The second kappa shape index (κ2) is 10.7. The van der Waals surface area contributed by atoms with Gasteiger partial charge in [0.2, 0.25) is 0 Å². The molecule has 9 nitrogen and oxygen atoms in total. The summed E-state index contributed by atoms with van der Waals surface area (Å²) >= 11 is 0. The van der Waals surface area contributed by atoms with Crippen molar-refractivity contribution in [3.05, 3.63) is 54.1 Å². The Morgan fingerprint density at radius 2 is 1.82 bits per heavy atom. The van der Waals surface area contributed by atoms with Crippen molar-refractivity contribution in [2.75, 3.05) is 17.7 Å². The first-order valence-corrected chi connectivity index (χ1v) is 15.3. The molecule has 2 aromatic rings. The molecule has 1 saturated carbocycles. The Hall–Kier alpha value is -3.45. The van der Waals surface area contributed by atoms with E-state index in [1.807, 2.05) is 36.4 Å². The summed E-state index contributed by atoms with van der Waals surface area (Å²) in [5.41, 5.74) is 4.54. The lowest BCUT2D eigenvalue weighted by Gasteiger charge is -2.32. The Kier molecular flexibility index (Phi) is 7.39. The van der Waals surface area contributed by atoms with Gasteiger partial charge in [0.1, 0.15) is 12.9 Å². The van der Waals surface area contributed by atoms with Gasteiger partial charge in [-0.3, -0.25) is 15.0 Å². The lowest BCUT2D eigenvalue weighted by molar-refractivity contribution is -0.143. The number of hydrogen-bond donors (Lipinski definition) is 3. The van der Waals surface area contributed by atoms with Crippen molar-refractivity contribution in [2.24, 2.45) is 16.1 Å². The third-order valence-corrected chi connectivity index (χ3v) is 11.2. The van der Waals surface area contributed by atoms with Crippen molar-refractivity contribution in [1.82, 2.24) is 5.01 Å². The molecule has 2 fully saturated rings. The molecule has 2 unspecified atom stereocenters. The SMILES string of the molecule is CC1=NN(C2CCP(=O)(c3ccccc3)CC2)C(=O)C1=NNc1cccc(C2CCCC(C(=O)O)C2)c1O. The molecule has 2 aliphatic heterocycles. The Labute approximate surface area is 222 Å². The van der Waals surface area contributed by atoms with E-state index in [0.717, 1.165) is 18.1 Å². The van der Waals surface area contributed by atoms with Gasteiger partial charge in [-0.25, -0.2) is 5.01 Å². The highest BCUT2D eigenvalue weighted by Crippen LogP contribution is 2.50. The maximum Gasteiger partial charge on any atom is 0.306 e. The van der Waals surface area contributed by atoms with Crippen LogP contribution in [0.5, 0.6) is 5.75 Å². The molecule has 2 aromatic carbocycles. The Morgan fingerprint density at radius 3 is 2.53 bits per heavy atom. The number of phenolic OH excluding ortho intramolecular Hbond substituents is 1. The molecule has 3 N–H and O–H groups in total. The number of carboxylic acids is 1. The van der Waals surface area contributed by atoms with Crippen LogP contribution in [0.1, 0.15) is 56.9 Å². The first-order valence-electron chi connectivity index (χ1n) is 13.2. The second-order valence-corrected chi connectivity index (χ2v) is 13.6. The average molecular weight is 537 g/mol. The minimum Gasteiger partial charge on any atom is -0.505 e. The fourth-order valence-corrected chi connectivity index (χ4v) is 8.75. The number of carboxylic acid groups (broad SMARTS) is 1. The van der Waals surface area contributed by atoms with Crippen molar-refractivity contribution < 1.29 is 24.4 Å². The van der Waals surface area contributed by atoms with E-state index in [1.54, 1.807) is 19.1 Å². The third-order valence-electron chi connectivity index (χ3n) is 8.05. The van der Waals surface area contributed by atoms with Gasteiger partial charge in [-0.05, 0) is 56.6 Å². The number of nitrogens with one attached hydrogen (secondary N) is 1. The van der Waals surface area contributed by atoms with Gasteiger partial charge < -0.3 is 14.8 Å². The maximum absolute atomic E-state index is 13.5. The van der Waals surface area contributed by atoms with Crippen LogP contribution in [0.3, 0.4) is 0 Å². The summed E-state index contributed by atoms with van der Waals surface area (Å²) in [5, 5.41) is 31.5. The highest BCUT2D eigenvalue weighted by Gasteiger charge is 2.40. The van der Waals surface area contributed by atoms with E-state index in [0.29, 0.717) is 55.0 Å². The number of carbonyl (C=O) groups is 2. The predicted octanol–water partition coefficient (Wildman–Crippen LogP) is 4.59. The van der Waals surface area contributed by atoms with Crippen LogP contribution in [0, 0.1) is 5.92 Å². The topological polar surface area (TPSA) is 132 Å². The number of para-hydroxylation sites is 1. The first kappa shape index (κ1) is 26.2. The summed E-state index contributed by atoms with van der Waals surface area (Å²) in [6.45, 7) is 1.72. The van der Waals surface area contributed by atoms with Crippen molar-refractivity contribution in [3.8, 4) is 5.75 Å². The molecule has 5 rings (SSSR count). The number of aliphatic carboxylic acids is 1. The number of hydrazone groups is 2. The van der Waals surface area contributed by atoms with Gasteiger partial charge >= 0.3 is 5.97 Å². The highest BCUT2D eigenvalue weighted by atomic mass is 31.2. The van der Waals surface area contributed by atoms with Crippen LogP contribution in [0.4, 0.5) is 5.69 Å². The molecule has 2 atom stereocenters. The smallest absolute Gasteiger partial charge is 0.306 e. The van der Waals surface area contributed by atoms with Gasteiger partial charge in [-0.15, -0.1) is 0 Å². The molecule has 2 heterocycles. The van der Waals surface area contributed by atoms with E-state index < -0.39 is 19.0 Å². The number of rotatable bonds is 6. The minimum atomic E-state index is -2.47. The average Bonchev–Trinajstić information content (AvgIpc) is 3.21. The zero-order chi connectivity index (χ0) is 26.9. The van der Waals surface area contributed by atoms with E-state index in [1.165, 1.54) is 5.01 Å². The zero-order valence-electron chi connectivity index (χ0n) is 21.4. The Balaban J connectivity index is 1.26. The summed E-state index contributed by atoms with van der Waals surface area (Å²) in [6, 6.07) is 14.7. The van der Waals surface area contributed by atoms with Crippen LogP contribution < -0.4 is 10.7 Å². The van der Waals surface area contributed by atoms with Crippen LogP contribution in [-0.2, 0) is 14.2 Å². The molecular weight excluding hydrogens is 503 g/mol. The molecule has 200 valence electrons. The lowest BCUT2D eigenvalue weighted by atomic mass is 9.77. The second-order valence-electron chi connectivity index (χ2n) is 10.5. The largest absolute Gasteiger partial charge is 0.505 e. The molecule has 1 aliphatic carbocycles. The number of amides is 1. The molecule has 1 saturated heterocycles. The van der Waals surface area contributed by atoms with Gasteiger partial charge in [0.15, 0.2) is 5.71 Å². The standard InChI is InChI=1S/C28H33N4O5P/c1-18-25(27(34)32(31-18)21-13-15-38(37,16-14-21)22-9-3-2-4-10-22)30-29-24-12-6-11-23(26(24)33)19-7-5-8-20(17-19)28(35)36/h2-4,6,9-12,19-21,29,33H,5,7-8,13-17H2,1H3,(H,35,36). The maximum atomic E-state index is 13.5. The van der Waals surface area contributed by atoms with E-state index in [9.17, 15) is 24.4 Å². The fraction of sp³-hybridized carbons (Fsp3) is 0.429. The first-order chi connectivity index (χ1) is 18.3. The number of phenols is 1. The van der Waals surface area contributed by atoms with Crippen molar-refractivity contribution in [1.29, 1.82) is 0 Å². The predicted molar refractivity (Wildman–Crippen MR) is 148 cm³/mol. The number of anilines is 1. The summed E-state index contributed by atoms with van der Waals surface area (Å²) < 4.78 is 13.5. The quantitative estimate of drug-likeness (QED) is 0.281. The number of aromatic hydroxyl groups is 1. The fourth-order valence-electron chi connectivity index (χ4n) is 5.86. The van der Waals surface area contributed by atoms with E-state index in [-0.39, 0.29) is 29.3 Å². The summed E-state index contributed by atoms with van der Waals surface area (Å²) in [5.74, 6) is -1.55. The molecule has 0 bridgehead atoms.